The quantitative estimate of drug-likeness (QED) is 0.764. The van der Waals surface area contributed by atoms with Crippen LogP contribution in [0.2, 0.25) is 0 Å². The Morgan fingerprint density at radius 1 is 1.30 bits per heavy atom. The van der Waals surface area contributed by atoms with E-state index in [1.54, 1.807) is 6.20 Å². The average Bonchev–Trinajstić information content (AvgIpc) is 3.11. The standard InChI is InChI=1S/C19H20N6O2/c1-11-15(16(23-22-11)12-7-8-12)19(26)25-10-4-6-14(25)18-21-17(24-27-18)13-5-2-3-9-20-13/h2-3,5,9,12,14H,4,6-8,10H2,1H3,(H,22,23). The minimum absolute atomic E-state index is 0.00300. The molecule has 1 atom stereocenters. The van der Waals surface area contributed by atoms with Crippen LogP contribution in [-0.2, 0) is 0 Å². The fourth-order valence-electron chi connectivity index (χ4n) is 3.75. The van der Waals surface area contributed by atoms with Gasteiger partial charge in [0.1, 0.15) is 11.7 Å². The van der Waals surface area contributed by atoms with Crippen LogP contribution in [0.5, 0.6) is 0 Å². The van der Waals surface area contributed by atoms with Crippen molar-refractivity contribution in [2.24, 2.45) is 0 Å². The summed E-state index contributed by atoms with van der Waals surface area (Å²) >= 11 is 0. The molecule has 3 aromatic rings. The second-order valence-corrected chi connectivity index (χ2v) is 7.21. The molecular formula is C19H20N6O2. The number of pyridine rings is 1. The van der Waals surface area contributed by atoms with Crippen LogP contribution >= 0.6 is 0 Å². The van der Waals surface area contributed by atoms with E-state index in [4.69, 9.17) is 4.52 Å². The molecule has 0 aromatic carbocycles. The lowest BCUT2D eigenvalue weighted by Crippen LogP contribution is -2.31. The SMILES string of the molecule is Cc1[nH]nc(C2CC2)c1C(=O)N1CCCC1c1nc(-c2ccccn2)no1. The first kappa shape index (κ1) is 16.2. The Hall–Kier alpha value is -3.03. The molecule has 0 spiro atoms. The number of nitrogens with zero attached hydrogens (tertiary/aromatic N) is 5. The predicted molar refractivity (Wildman–Crippen MR) is 95.8 cm³/mol. The highest BCUT2D eigenvalue weighted by Gasteiger charge is 2.39. The summed E-state index contributed by atoms with van der Waals surface area (Å²) in [7, 11) is 0. The van der Waals surface area contributed by atoms with Gasteiger partial charge < -0.3 is 9.42 Å². The maximum absolute atomic E-state index is 13.3. The first-order valence-corrected chi connectivity index (χ1v) is 9.33. The Morgan fingerprint density at radius 2 is 2.19 bits per heavy atom. The number of carbonyl (C=O) groups excluding carboxylic acids is 1. The van der Waals surface area contributed by atoms with E-state index in [-0.39, 0.29) is 11.9 Å². The third-order valence-electron chi connectivity index (χ3n) is 5.29. The normalized spacial score (nSPS) is 19.6. The molecule has 1 amide bonds. The molecular weight excluding hydrogens is 344 g/mol. The van der Waals surface area contributed by atoms with Crippen molar-refractivity contribution < 1.29 is 9.32 Å². The third kappa shape index (κ3) is 2.81. The van der Waals surface area contributed by atoms with Crippen LogP contribution in [0.3, 0.4) is 0 Å². The van der Waals surface area contributed by atoms with Gasteiger partial charge >= 0.3 is 0 Å². The number of amides is 1. The molecule has 0 bridgehead atoms. The van der Waals surface area contributed by atoms with Crippen molar-refractivity contribution in [2.45, 2.75) is 44.6 Å². The van der Waals surface area contributed by atoms with Gasteiger partial charge in [0.2, 0.25) is 11.7 Å². The Labute approximate surface area is 156 Å². The van der Waals surface area contributed by atoms with Crippen LogP contribution in [0.15, 0.2) is 28.9 Å². The fourth-order valence-corrected chi connectivity index (χ4v) is 3.75. The molecule has 1 saturated carbocycles. The molecule has 1 aliphatic heterocycles. The number of nitrogens with one attached hydrogen (secondary N) is 1. The molecule has 138 valence electrons. The van der Waals surface area contributed by atoms with Crippen LogP contribution in [-0.4, -0.2) is 42.7 Å². The van der Waals surface area contributed by atoms with Crippen LogP contribution in [0, 0.1) is 6.92 Å². The van der Waals surface area contributed by atoms with Gasteiger partial charge in [-0.1, -0.05) is 11.2 Å². The molecule has 8 nitrogen and oxygen atoms in total. The molecule has 2 aliphatic rings. The van der Waals surface area contributed by atoms with Crippen LogP contribution in [0.4, 0.5) is 0 Å². The zero-order valence-electron chi connectivity index (χ0n) is 15.1. The van der Waals surface area contributed by atoms with E-state index in [9.17, 15) is 4.79 Å². The smallest absolute Gasteiger partial charge is 0.258 e. The number of H-pyrrole nitrogens is 1. The maximum atomic E-state index is 13.3. The predicted octanol–water partition coefficient (Wildman–Crippen LogP) is 3.02. The van der Waals surface area contributed by atoms with E-state index >= 15 is 0 Å². The van der Waals surface area contributed by atoms with E-state index in [0.717, 1.165) is 37.1 Å². The number of hydrogen-bond acceptors (Lipinski definition) is 6. The Bertz CT molecular complexity index is 975. The molecule has 27 heavy (non-hydrogen) atoms. The van der Waals surface area contributed by atoms with Gasteiger partial charge in [-0.15, -0.1) is 0 Å². The minimum atomic E-state index is -0.205. The highest BCUT2D eigenvalue weighted by Crippen LogP contribution is 2.42. The molecule has 1 saturated heterocycles. The summed E-state index contributed by atoms with van der Waals surface area (Å²) in [5.74, 6) is 1.33. The van der Waals surface area contributed by atoms with E-state index in [1.807, 2.05) is 30.0 Å². The average molecular weight is 364 g/mol. The van der Waals surface area contributed by atoms with Gasteiger partial charge in [-0.2, -0.15) is 10.1 Å². The molecule has 5 rings (SSSR count). The highest BCUT2D eigenvalue weighted by molar-refractivity contribution is 5.97. The van der Waals surface area contributed by atoms with Crippen molar-refractivity contribution in [3.63, 3.8) is 0 Å². The van der Waals surface area contributed by atoms with Gasteiger partial charge in [0.15, 0.2) is 0 Å². The summed E-state index contributed by atoms with van der Waals surface area (Å²) in [6.45, 7) is 2.59. The summed E-state index contributed by atoms with van der Waals surface area (Å²) in [4.78, 5) is 23.9. The third-order valence-corrected chi connectivity index (χ3v) is 5.29. The molecule has 1 aliphatic carbocycles. The van der Waals surface area contributed by atoms with Crippen molar-refractivity contribution in [3.05, 3.63) is 47.2 Å². The topological polar surface area (TPSA) is 101 Å². The minimum Gasteiger partial charge on any atom is -0.337 e. The van der Waals surface area contributed by atoms with Gasteiger partial charge in [0, 0.05) is 24.4 Å². The number of aromatic nitrogens is 5. The molecule has 3 aromatic heterocycles. The van der Waals surface area contributed by atoms with Gasteiger partial charge in [0.05, 0.1) is 11.3 Å². The number of carbonyl (C=O) groups is 1. The molecule has 8 heteroatoms. The highest BCUT2D eigenvalue weighted by atomic mass is 16.5. The van der Waals surface area contributed by atoms with Crippen molar-refractivity contribution in [1.29, 1.82) is 0 Å². The van der Waals surface area contributed by atoms with E-state index < -0.39 is 0 Å². The Balaban J connectivity index is 1.44. The summed E-state index contributed by atoms with van der Waals surface area (Å²) in [6, 6.07) is 5.35. The second-order valence-electron chi connectivity index (χ2n) is 7.21. The lowest BCUT2D eigenvalue weighted by Gasteiger charge is -2.22. The van der Waals surface area contributed by atoms with Crippen LogP contribution in [0.1, 0.15) is 65.3 Å². The molecule has 2 fully saturated rings. The molecule has 1 N–H and O–H groups in total. The first-order valence-electron chi connectivity index (χ1n) is 9.33. The van der Waals surface area contributed by atoms with E-state index in [2.05, 4.69) is 25.3 Å². The van der Waals surface area contributed by atoms with Crippen molar-refractivity contribution in [2.75, 3.05) is 6.54 Å². The van der Waals surface area contributed by atoms with Crippen molar-refractivity contribution in [3.8, 4) is 11.5 Å². The number of hydrogen-bond donors (Lipinski definition) is 1. The summed E-state index contributed by atoms with van der Waals surface area (Å²) in [5.41, 5.74) is 3.11. The van der Waals surface area contributed by atoms with E-state index in [0.29, 0.717) is 35.4 Å². The van der Waals surface area contributed by atoms with Gasteiger partial charge in [-0.25, -0.2) is 0 Å². The molecule has 1 unspecified atom stereocenters. The van der Waals surface area contributed by atoms with Crippen LogP contribution < -0.4 is 0 Å². The van der Waals surface area contributed by atoms with Gasteiger partial charge in [-0.3, -0.25) is 14.9 Å². The van der Waals surface area contributed by atoms with Gasteiger partial charge in [0.25, 0.3) is 5.91 Å². The first-order chi connectivity index (χ1) is 13.2. The lowest BCUT2D eigenvalue weighted by atomic mass is 10.1. The Morgan fingerprint density at radius 3 is 2.96 bits per heavy atom. The van der Waals surface area contributed by atoms with Crippen molar-refractivity contribution >= 4 is 5.91 Å². The Kier molecular flexibility index (Phi) is 3.77. The van der Waals surface area contributed by atoms with E-state index in [1.165, 1.54) is 0 Å². The summed E-state index contributed by atoms with van der Waals surface area (Å²) < 4.78 is 5.50. The van der Waals surface area contributed by atoms with Gasteiger partial charge in [-0.05, 0) is 44.7 Å². The number of aromatic amines is 1. The zero-order valence-corrected chi connectivity index (χ0v) is 15.1. The fraction of sp³-hybridized carbons (Fsp3) is 0.421. The lowest BCUT2D eigenvalue weighted by molar-refractivity contribution is 0.0708. The number of likely N-dealkylation sites (tertiary alicyclic amines) is 1. The zero-order chi connectivity index (χ0) is 18.4. The summed E-state index contributed by atoms with van der Waals surface area (Å²) in [6.07, 6.45) is 5.62. The van der Waals surface area contributed by atoms with Crippen LogP contribution in [0.25, 0.3) is 11.5 Å². The maximum Gasteiger partial charge on any atom is 0.258 e. The monoisotopic (exact) mass is 364 g/mol. The largest absolute Gasteiger partial charge is 0.337 e. The second kappa shape index (κ2) is 6.29. The molecule has 0 radical (unpaired) electrons. The number of aryl methyl sites for hydroxylation is 1. The number of rotatable bonds is 4. The molecule has 4 heterocycles. The summed E-state index contributed by atoms with van der Waals surface area (Å²) in [5, 5.41) is 11.4. The van der Waals surface area contributed by atoms with Crippen molar-refractivity contribution in [1.82, 2.24) is 30.2 Å².